The molecule has 7 heteroatoms. The molecule has 0 amide bonds. The highest BCUT2D eigenvalue weighted by Gasteiger charge is 2.35. The van der Waals surface area contributed by atoms with Gasteiger partial charge >= 0.3 is 5.97 Å². The quantitative estimate of drug-likeness (QED) is 0.819. The van der Waals surface area contributed by atoms with E-state index in [1.54, 1.807) is 11.0 Å². The van der Waals surface area contributed by atoms with E-state index in [1.807, 2.05) is 0 Å². The molecule has 1 aromatic heterocycles. The van der Waals surface area contributed by atoms with Gasteiger partial charge in [0.25, 0.3) is 0 Å². The number of anilines is 1. The van der Waals surface area contributed by atoms with Crippen LogP contribution in [0.1, 0.15) is 0 Å². The first kappa shape index (κ1) is 11.8. The SMILES string of the molecule is CS(=O)(=O)c1cccnc1N1CC(C(=O)O)C1. The normalized spacial score (nSPS) is 16.6. The maximum atomic E-state index is 11.5. The molecule has 0 bridgehead atoms. The second-order valence-corrected chi connectivity index (χ2v) is 6.02. The minimum absolute atomic E-state index is 0.142. The van der Waals surface area contributed by atoms with Crippen LogP contribution in [0, 0.1) is 5.92 Å². The van der Waals surface area contributed by atoms with Gasteiger partial charge in [0.05, 0.1) is 5.92 Å². The van der Waals surface area contributed by atoms with Gasteiger partial charge in [-0.2, -0.15) is 0 Å². The first-order chi connectivity index (χ1) is 7.89. The molecule has 0 atom stereocenters. The number of carboxylic acids is 1. The van der Waals surface area contributed by atoms with Gasteiger partial charge in [-0.3, -0.25) is 4.79 Å². The second kappa shape index (κ2) is 3.99. The molecule has 1 saturated heterocycles. The molecule has 1 N–H and O–H groups in total. The second-order valence-electron chi connectivity index (χ2n) is 4.04. The van der Waals surface area contributed by atoms with Crippen molar-refractivity contribution in [3.05, 3.63) is 18.3 Å². The zero-order valence-corrected chi connectivity index (χ0v) is 10.0. The summed E-state index contributed by atoms with van der Waals surface area (Å²) in [4.78, 5) is 16.5. The van der Waals surface area contributed by atoms with Crippen molar-refractivity contribution in [1.29, 1.82) is 0 Å². The maximum absolute atomic E-state index is 11.5. The van der Waals surface area contributed by atoms with E-state index in [2.05, 4.69) is 4.98 Å². The van der Waals surface area contributed by atoms with Crippen molar-refractivity contribution >= 4 is 21.6 Å². The average molecular weight is 256 g/mol. The van der Waals surface area contributed by atoms with E-state index < -0.39 is 21.7 Å². The number of hydrogen-bond acceptors (Lipinski definition) is 5. The first-order valence-electron chi connectivity index (χ1n) is 5.02. The molecule has 1 aromatic rings. The van der Waals surface area contributed by atoms with Gasteiger partial charge < -0.3 is 10.0 Å². The maximum Gasteiger partial charge on any atom is 0.310 e. The fraction of sp³-hybridized carbons (Fsp3) is 0.400. The number of aromatic nitrogens is 1. The van der Waals surface area contributed by atoms with E-state index in [9.17, 15) is 13.2 Å². The molecule has 0 unspecified atom stereocenters. The number of aliphatic carboxylic acids is 1. The predicted molar refractivity (Wildman–Crippen MR) is 60.7 cm³/mol. The Morgan fingerprint density at radius 1 is 1.53 bits per heavy atom. The molecule has 0 aliphatic carbocycles. The highest BCUT2D eigenvalue weighted by Crippen LogP contribution is 2.28. The number of rotatable bonds is 3. The molecule has 2 heterocycles. The average Bonchev–Trinajstić information content (AvgIpc) is 2.13. The summed E-state index contributed by atoms with van der Waals surface area (Å²) in [6.07, 6.45) is 2.61. The molecule has 1 aliphatic heterocycles. The number of carbonyl (C=O) groups is 1. The van der Waals surface area contributed by atoms with E-state index >= 15 is 0 Å². The molecule has 2 rings (SSSR count). The molecule has 6 nitrogen and oxygen atoms in total. The molecule has 1 fully saturated rings. The van der Waals surface area contributed by atoms with Crippen LogP contribution in [0.2, 0.25) is 0 Å². The van der Waals surface area contributed by atoms with Crippen molar-refractivity contribution in [2.75, 3.05) is 24.2 Å². The third-order valence-electron chi connectivity index (χ3n) is 2.68. The number of hydrogen-bond donors (Lipinski definition) is 1. The van der Waals surface area contributed by atoms with Crippen LogP contribution in [-0.4, -0.2) is 43.8 Å². The Bertz CT molecular complexity index is 549. The zero-order chi connectivity index (χ0) is 12.6. The monoisotopic (exact) mass is 256 g/mol. The van der Waals surface area contributed by atoms with Crippen molar-refractivity contribution in [2.45, 2.75) is 4.90 Å². The van der Waals surface area contributed by atoms with E-state index in [4.69, 9.17) is 5.11 Å². The highest BCUT2D eigenvalue weighted by molar-refractivity contribution is 7.90. The lowest BCUT2D eigenvalue weighted by Crippen LogP contribution is -2.51. The number of sulfone groups is 1. The summed E-state index contributed by atoms with van der Waals surface area (Å²) in [5.74, 6) is -0.963. The molecule has 92 valence electrons. The Hall–Kier alpha value is -1.63. The van der Waals surface area contributed by atoms with Gasteiger partial charge in [-0.1, -0.05) is 0 Å². The van der Waals surface area contributed by atoms with E-state index in [0.717, 1.165) is 6.26 Å². The summed E-state index contributed by atoms with van der Waals surface area (Å²) in [5, 5.41) is 8.76. The zero-order valence-electron chi connectivity index (χ0n) is 9.20. The Morgan fingerprint density at radius 2 is 2.18 bits per heavy atom. The van der Waals surface area contributed by atoms with Crippen LogP contribution in [0.15, 0.2) is 23.2 Å². The van der Waals surface area contributed by atoms with Gasteiger partial charge in [0.1, 0.15) is 10.7 Å². The third kappa shape index (κ3) is 2.23. The third-order valence-corrected chi connectivity index (χ3v) is 3.80. The minimum Gasteiger partial charge on any atom is -0.481 e. The van der Waals surface area contributed by atoms with Gasteiger partial charge in [-0.25, -0.2) is 13.4 Å². The van der Waals surface area contributed by atoms with Gasteiger partial charge in [0, 0.05) is 25.5 Å². The van der Waals surface area contributed by atoms with Gasteiger partial charge in [-0.05, 0) is 12.1 Å². The lowest BCUT2D eigenvalue weighted by Gasteiger charge is -2.38. The highest BCUT2D eigenvalue weighted by atomic mass is 32.2. The van der Waals surface area contributed by atoms with Crippen molar-refractivity contribution in [3.63, 3.8) is 0 Å². The van der Waals surface area contributed by atoms with Crippen LogP contribution >= 0.6 is 0 Å². The van der Waals surface area contributed by atoms with Crippen LogP contribution in [0.5, 0.6) is 0 Å². The molecule has 0 aromatic carbocycles. The van der Waals surface area contributed by atoms with Crippen LogP contribution in [0.3, 0.4) is 0 Å². The van der Waals surface area contributed by atoms with Crippen molar-refractivity contribution in [2.24, 2.45) is 5.92 Å². The van der Waals surface area contributed by atoms with Crippen LogP contribution < -0.4 is 4.90 Å². The summed E-state index contributed by atoms with van der Waals surface area (Å²) >= 11 is 0. The largest absolute Gasteiger partial charge is 0.481 e. The Balaban J connectivity index is 2.27. The molecular weight excluding hydrogens is 244 g/mol. The van der Waals surface area contributed by atoms with Crippen LogP contribution in [0.4, 0.5) is 5.82 Å². The summed E-state index contributed by atoms with van der Waals surface area (Å²) in [6.45, 7) is 0.601. The van der Waals surface area contributed by atoms with E-state index in [-0.39, 0.29) is 4.90 Å². The molecule has 0 spiro atoms. The molecule has 17 heavy (non-hydrogen) atoms. The Labute approximate surface area is 98.8 Å². The molecule has 0 saturated carbocycles. The standard InChI is InChI=1S/C10H12N2O4S/c1-17(15,16)8-3-2-4-11-9(8)12-5-7(6-12)10(13)14/h2-4,7H,5-6H2,1H3,(H,13,14). The number of carboxylic acid groups (broad SMARTS) is 1. The smallest absolute Gasteiger partial charge is 0.310 e. The summed E-state index contributed by atoms with van der Waals surface area (Å²) in [7, 11) is -3.34. The van der Waals surface area contributed by atoms with Crippen LogP contribution in [-0.2, 0) is 14.6 Å². The van der Waals surface area contributed by atoms with Crippen molar-refractivity contribution in [3.8, 4) is 0 Å². The lowest BCUT2D eigenvalue weighted by atomic mass is 10.0. The first-order valence-corrected chi connectivity index (χ1v) is 6.91. The summed E-state index contributed by atoms with van der Waals surface area (Å²) in [6, 6.07) is 3.03. The summed E-state index contributed by atoms with van der Waals surface area (Å²) < 4.78 is 23.1. The van der Waals surface area contributed by atoms with Crippen molar-refractivity contribution < 1.29 is 18.3 Å². The molecule has 0 radical (unpaired) electrons. The van der Waals surface area contributed by atoms with E-state index in [1.165, 1.54) is 12.3 Å². The van der Waals surface area contributed by atoms with Gasteiger partial charge in [0.15, 0.2) is 9.84 Å². The number of nitrogens with zero attached hydrogens (tertiary/aromatic N) is 2. The fourth-order valence-corrected chi connectivity index (χ4v) is 2.56. The topological polar surface area (TPSA) is 87.6 Å². The lowest BCUT2D eigenvalue weighted by molar-refractivity contribution is -0.142. The van der Waals surface area contributed by atoms with Crippen molar-refractivity contribution in [1.82, 2.24) is 4.98 Å². The van der Waals surface area contributed by atoms with Crippen LogP contribution in [0.25, 0.3) is 0 Å². The van der Waals surface area contributed by atoms with Gasteiger partial charge in [0.2, 0.25) is 0 Å². The van der Waals surface area contributed by atoms with Gasteiger partial charge in [-0.15, -0.1) is 0 Å². The molecular formula is C10H12N2O4S. The fourth-order valence-electron chi connectivity index (χ4n) is 1.72. The minimum atomic E-state index is -3.34. The molecule has 1 aliphatic rings. The Kier molecular flexibility index (Phi) is 2.78. The van der Waals surface area contributed by atoms with E-state index in [0.29, 0.717) is 18.9 Å². The summed E-state index contributed by atoms with van der Waals surface area (Å²) in [5.41, 5.74) is 0. The Morgan fingerprint density at radius 3 is 2.71 bits per heavy atom. The predicted octanol–water partition coefficient (Wildman–Crippen LogP) is 0.00590. The number of pyridine rings is 1.